The van der Waals surface area contributed by atoms with Crippen molar-refractivity contribution in [1.29, 1.82) is 0 Å². The molecule has 0 bridgehead atoms. The van der Waals surface area contributed by atoms with Crippen LogP contribution in [0.3, 0.4) is 0 Å². The zero-order chi connectivity index (χ0) is 16.9. The molecular formula is C17H23N3O4. The molecule has 1 aromatic carbocycles. The molecule has 130 valence electrons. The molecule has 3 rings (SSSR count). The molecule has 0 unspecified atom stereocenters. The summed E-state index contributed by atoms with van der Waals surface area (Å²) in [6.45, 7) is 2.72. The van der Waals surface area contributed by atoms with Crippen molar-refractivity contribution in [3.63, 3.8) is 0 Å². The van der Waals surface area contributed by atoms with Crippen molar-refractivity contribution in [2.24, 2.45) is 5.73 Å². The maximum atomic E-state index is 12.5. The van der Waals surface area contributed by atoms with E-state index in [0.29, 0.717) is 50.5 Å². The Morgan fingerprint density at radius 3 is 2.75 bits per heavy atom. The number of nitrogens with zero attached hydrogens (tertiary/aromatic N) is 1. The number of benzene rings is 1. The SMILES string of the molecule is NC[C@H]1CC[C@@H](C(=O)Nc2cccc(C(=O)N3CCOCC3)c2)O1. The van der Waals surface area contributed by atoms with Crippen LogP contribution in [0.25, 0.3) is 0 Å². The van der Waals surface area contributed by atoms with Gasteiger partial charge in [-0.2, -0.15) is 0 Å². The van der Waals surface area contributed by atoms with Crippen LogP contribution in [0.15, 0.2) is 24.3 Å². The minimum Gasteiger partial charge on any atom is -0.378 e. The molecule has 0 aliphatic carbocycles. The number of hydrogen-bond donors (Lipinski definition) is 2. The van der Waals surface area contributed by atoms with Crippen molar-refractivity contribution in [2.45, 2.75) is 25.0 Å². The molecule has 3 N–H and O–H groups in total. The molecule has 2 saturated heterocycles. The molecule has 2 aliphatic heterocycles. The predicted molar refractivity (Wildman–Crippen MR) is 88.7 cm³/mol. The summed E-state index contributed by atoms with van der Waals surface area (Å²) in [6, 6.07) is 6.99. The van der Waals surface area contributed by atoms with Gasteiger partial charge in [0.1, 0.15) is 6.10 Å². The van der Waals surface area contributed by atoms with Gasteiger partial charge in [-0.05, 0) is 31.0 Å². The first-order valence-corrected chi connectivity index (χ1v) is 8.31. The normalized spacial score (nSPS) is 24.0. The molecule has 24 heavy (non-hydrogen) atoms. The van der Waals surface area contributed by atoms with Crippen molar-refractivity contribution in [3.8, 4) is 0 Å². The van der Waals surface area contributed by atoms with Crippen molar-refractivity contribution in [2.75, 3.05) is 38.2 Å². The van der Waals surface area contributed by atoms with Crippen LogP contribution < -0.4 is 11.1 Å². The van der Waals surface area contributed by atoms with E-state index in [1.807, 2.05) is 0 Å². The van der Waals surface area contributed by atoms with Gasteiger partial charge in [0.25, 0.3) is 11.8 Å². The quantitative estimate of drug-likeness (QED) is 0.842. The van der Waals surface area contributed by atoms with Crippen molar-refractivity contribution in [3.05, 3.63) is 29.8 Å². The molecule has 2 aliphatic rings. The molecule has 0 radical (unpaired) electrons. The van der Waals surface area contributed by atoms with E-state index in [1.54, 1.807) is 29.2 Å². The van der Waals surface area contributed by atoms with Crippen LogP contribution in [0.5, 0.6) is 0 Å². The van der Waals surface area contributed by atoms with Crippen LogP contribution in [0, 0.1) is 0 Å². The van der Waals surface area contributed by atoms with E-state index < -0.39 is 6.10 Å². The van der Waals surface area contributed by atoms with Gasteiger partial charge in [-0.1, -0.05) is 6.07 Å². The highest BCUT2D eigenvalue weighted by molar-refractivity contribution is 5.98. The van der Waals surface area contributed by atoms with Crippen LogP contribution in [0.2, 0.25) is 0 Å². The van der Waals surface area contributed by atoms with Gasteiger partial charge in [0.2, 0.25) is 0 Å². The highest BCUT2D eigenvalue weighted by atomic mass is 16.5. The highest BCUT2D eigenvalue weighted by Crippen LogP contribution is 2.21. The lowest BCUT2D eigenvalue weighted by molar-refractivity contribution is -0.126. The predicted octanol–water partition coefficient (Wildman–Crippen LogP) is 0.604. The molecule has 2 heterocycles. The van der Waals surface area contributed by atoms with Crippen LogP contribution in [0.4, 0.5) is 5.69 Å². The van der Waals surface area contributed by atoms with Crippen molar-refractivity contribution in [1.82, 2.24) is 4.90 Å². The first-order chi connectivity index (χ1) is 11.7. The Kier molecular flexibility index (Phi) is 5.44. The second-order valence-corrected chi connectivity index (χ2v) is 6.03. The smallest absolute Gasteiger partial charge is 0.254 e. The van der Waals surface area contributed by atoms with E-state index >= 15 is 0 Å². The third-order valence-corrected chi connectivity index (χ3v) is 4.34. The second kappa shape index (κ2) is 7.74. The average molecular weight is 333 g/mol. The van der Waals surface area contributed by atoms with E-state index in [9.17, 15) is 9.59 Å². The molecule has 0 saturated carbocycles. The second-order valence-electron chi connectivity index (χ2n) is 6.03. The van der Waals surface area contributed by atoms with Gasteiger partial charge in [-0.3, -0.25) is 9.59 Å². The summed E-state index contributed by atoms with van der Waals surface area (Å²) in [6.07, 6.45) is 0.941. The van der Waals surface area contributed by atoms with Crippen molar-refractivity contribution < 1.29 is 19.1 Å². The molecule has 0 spiro atoms. The van der Waals surface area contributed by atoms with Crippen molar-refractivity contribution >= 4 is 17.5 Å². The van der Waals surface area contributed by atoms with Gasteiger partial charge in [0, 0.05) is 30.9 Å². The van der Waals surface area contributed by atoms with Gasteiger partial charge in [0.05, 0.1) is 19.3 Å². The standard InChI is InChI=1S/C17H23N3O4/c18-11-14-4-5-15(24-14)16(21)19-13-3-1-2-12(10-13)17(22)20-6-8-23-9-7-20/h1-3,10,14-15H,4-9,11,18H2,(H,19,21)/t14-,15+/m1/s1. The fraction of sp³-hybridized carbons (Fsp3) is 0.529. The Labute approximate surface area is 141 Å². The number of nitrogens with two attached hydrogens (primary N) is 1. The Morgan fingerprint density at radius 1 is 1.25 bits per heavy atom. The molecule has 2 amide bonds. The highest BCUT2D eigenvalue weighted by Gasteiger charge is 2.30. The number of carbonyl (C=O) groups excluding carboxylic acids is 2. The molecule has 2 atom stereocenters. The van der Waals surface area contributed by atoms with Gasteiger partial charge in [0.15, 0.2) is 0 Å². The lowest BCUT2D eigenvalue weighted by Crippen LogP contribution is -2.40. The third-order valence-electron chi connectivity index (χ3n) is 4.34. The third kappa shape index (κ3) is 3.92. The van der Waals surface area contributed by atoms with E-state index in [1.165, 1.54) is 0 Å². The first-order valence-electron chi connectivity index (χ1n) is 8.31. The summed E-state index contributed by atoms with van der Waals surface area (Å²) in [5.74, 6) is -0.239. The number of hydrogen-bond acceptors (Lipinski definition) is 5. The average Bonchev–Trinajstić information content (AvgIpc) is 3.11. The number of morpholine rings is 1. The Balaban J connectivity index is 1.62. The fourth-order valence-corrected chi connectivity index (χ4v) is 2.97. The zero-order valence-electron chi connectivity index (χ0n) is 13.6. The van der Waals surface area contributed by atoms with E-state index in [2.05, 4.69) is 5.32 Å². The van der Waals surface area contributed by atoms with Crippen LogP contribution >= 0.6 is 0 Å². The number of amides is 2. The first kappa shape index (κ1) is 16.9. The molecule has 7 heteroatoms. The fourth-order valence-electron chi connectivity index (χ4n) is 2.97. The summed E-state index contributed by atoms with van der Waals surface area (Å²) in [4.78, 5) is 26.5. The lowest BCUT2D eigenvalue weighted by Gasteiger charge is -2.27. The lowest BCUT2D eigenvalue weighted by atomic mass is 10.1. The van der Waals surface area contributed by atoms with E-state index in [0.717, 1.165) is 6.42 Å². The Morgan fingerprint density at radius 2 is 2.04 bits per heavy atom. The minimum atomic E-state index is -0.475. The number of rotatable bonds is 4. The number of nitrogens with one attached hydrogen (secondary N) is 1. The summed E-state index contributed by atoms with van der Waals surface area (Å²) >= 11 is 0. The molecule has 1 aromatic rings. The van der Waals surface area contributed by atoms with Gasteiger partial charge in [-0.25, -0.2) is 0 Å². The summed E-state index contributed by atoms with van der Waals surface area (Å²) in [7, 11) is 0. The maximum Gasteiger partial charge on any atom is 0.254 e. The molecular weight excluding hydrogens is 310 g/mol. The van der Waals surface area contributed by atoms with Crippen LogP contribution in [0.1, 0.15) is 23.2 Å². The minimum absolute atomic E-state index is 0.0463. The zero-order valence-corrected chi connectivity index (χ0v) is 13.6. The van der Waals surface area contributed by atoms with Gasteiger partial charge >= 0.3 is 0 Å². The van der Waals surface area contributed by atoms with E-state index in [4.69, 9.17) is 15.2 Å². The summed E-state index contributed by atoms with van der Waals surface area (Å²) in [5, 5.41) is 2.83. The molecule has 2 fully saturated rings. The van der Waals surface area contributed by atoms with Gasteiger partial charge in [-0.15, -0.1) is 0 Å². The van der Waals surface area contributed by atoms with E-state index in [-0.39, 0.29) is 17.9 Å². The summed E-state index contributed by atoms with van der Waals surface area (Å²) in [5.41, 5.74) is 6.72. The number of anilines is 1. The van der Waals surface area contributed by atoms with Crippen LogP contribution in [-0.4, -0.2) is 61.8 Å². The van der Waals surface area contributed by atoms with Crippen LogP contribution in [-0.2, 0) is 14.3 Å². The topological polar surface area (TPSA) is 93.9 Å². The largest absolute Gasteiger partial charge is 0.378 e. The molecule has 7 nitrogen and oxygen atoms in total. The number of carbonyl (C=O) groups is 2. The van der Waals surface area contributed by atoms with Gasteiger partial charge < -0.3 is 25.4 Å². The monoisotopic (exact) mass is 333 g/mol. The Hall–Kier alpha value is -1.96. The Bertz CT molecular complexity index is 601. The molecule has 0 aromatic heterocycles. The number of ether oxygens (including phenoxy) is 2. The summed E-state index contributed by atoms with van der Waals surface area (Å²) < 4.78 is 10.9. The maximum absolute atomic E-state index is 12.5.